The summed E-state index contributed by atoms with van der Waals surface area (Å²) >= 11 is 1.82. The standard InChI is InChI=1S/C15H19NS.C2H6/c1-12-6-8-14(9-7-12)13(2)16(3)11-15-5-4-10-17-15;1-2/h4-10,13H,11H2,1-3H3;1-2H3. The second-order valence-corrected chi connectivity index (χ2v) is 5.61. The fourth-order valence-electron chi connectivity index (χ4n) is 1.88. The van der Waals surface area contributed by atoms with Crippen LogP contribution in [0.25, 0.3) is 0 Å². The van der Waals surface area contributed by atoms with Crippen LogP contribution in [0.4, 0.5) is 0 Å². The molecular formula is C17H25NS. The van der Waals surface area contributed by atoms with Crippen LogP contribution < -0.4 is 0 Å². The lowest BCUT2D eigenvalue weighted by atomic mass is 10.1. The molecule has 0 saturated carbocycles. The van der Waals surface area contributed by atoms with Crippen LogP contribution in [0.2, 0.25) is 0 Å². The molecule has 1 heterocycles. The summed E-state index contributed by atoms with van der Waals surface area (Å²) in [6.45, 7) is 9.41. The second-order valence-electron chi connectivity index (χ2n) is 4.58. The Morgan fingerprint density at radius 2 is 1.74 bits per heavy atom. The fraction of sp³-hybridized carbons (Fsp3) is 0.412. The summed E-state index contributed by atoms with van der Waals surface area (Å²) in [5.74, 6) is 0. The number of hydrogen-bond acceptors (Lipinski definition) is 2. The van der Waals surface area contributed by atoms with Crippen LogP contribution >= 0.6 is 11.3 Å². The van der Waals surface area contributed by atoms with Gasteiger partial charge >= 0.3 is 0 Å². The maximum Gasteiger partial charge on any atom is 0.0330 e. The molecule has 0 saturated heterocycles. The molecule has 2 aromatic rings. The molecule has 0 aliphatic carbocycles. The Labute approximate surface area is 121 Å². The lowest BCUT2D eigenvalue weighted by molar-refractivity contribution is 0.255. The molecule has 1 nitrogen and oxygen atoms in total. The Balaban J connectivity index is 0.000000861. The van der Waals surface area contributed by atoms with Crippen LogP contribution in [0.15, 0.2) is 41.8 Å². The summed E-state index contributed by atoms with van der Waals surface area (Å²) < 4.78 is 0. The summed E-state index contributed by atoms with van der Waals surface area (Å²) in [4.78, 5) is 3.81. The number of hydrogen-bond donors (Lipinski definition) is 0. The van der Waals surface area contributed by atoms with Crippen molar-refractivity contribution in [3.63, 3.8) is 0 Å². The Morgan fingerprint density at radius 3 is 2.26 bits per heavy atom. The maximum atomic E-state index is 2.39. The van der Waals surface area contributed by atoms with Crippen LogP contribution in [0, 0.1) is 6.92 Å². The third kappa shape index (κ3) is 4.81. The van der Waals surface area contributed by atoms with E-state index < -0.39 is 0 Å². The van der Waals surface area contributed by atoms with Gasteiger partial charge in [-0.15, -0.1) is 11.3 Å². The topological polar surface area (TPSA) is 3.24 Å². The van der Waals surface area contributed by atoms with Gasteiger partial charge in [0.25, 0.3) is 0 Å². The van der Waals surface area contributed by atoms with Crippen molar-refractivity contribution in [2.75, 3.05) is 7.05 Å². The lowest BCUT2D eigenvalue weighted by Gasteiger charge is -2.24. The van der Waals surface area contributed by atoms with Gasteiger partial charge in [-0.05, 0) is 37.9 Å². The summed E-state index contributed by atoms with van der Waals surface area (Å²) in [5.41, 5.74) is 2.71. The monoisotopic (exact) mass is 275 g/mol. The van der Waals surface area contributed by atoms with Crippen molar-refractivity contribution in [1.29, 1.82) is 0 Å². The average Bonchev–Trinajstić information content (AvgIpc) is 2.94. The van der Waals surface area contributed by atoms with Gasteiger partial charge in [-0.2, -0.15) is 0 Å². The van der Waals surface area contributed by atoms with E-state index in [-0.39, 0.29) is 0 Å². The summed E-state index contributed by atoms with van der Waals surface area (Å²) in [6, 6.07) is 13.6. The molecule has 2 heteroatoms. The molecule has 1 aromatic heterocycles. The number of rotatable bonds is 4. The molecule has 0 amide bonds. The Morgan fingerprint density at radius 1 is 1.11 bits per heavy atom. The quantitative estimate of drug-likeness (QED) is 0.734. The van der Waals surface area contributed by atoms with E-state index in [1.165, 1.54) is 16.0 Å². The van der Waals surface area contributed by atoms with Gasteiger partial charge in [-0.3, -0.25) is 4.90 Å². The second kappa shape index (κ2) is 8.13. The minimum Gasteiger partial charge on any atom is -0.295 e. The van der Waals surface area contributed by atoms with E-state index >= 15 is 0 Å². The van der Waals surface area contributed by atoms with E-state index in [4.69, 9.17) is 0 Å². The average molecular weight is 275 g/mol. The predicted molar refractivity (Wildman–Crippen MR) is 86.7 cm³/mol. The molecule has 2 rings (SSSR count). The Hall–Kier alpha value is -1.12. The van der Waals surface area contributed by atoms with E-state index in [0.717, 1.165) is 6.54 Å². The number of benzene rings is 1. The minimum absolute atomic E-state index is 0.456. The van der Waals surface area contributed by atoms with E-state index in [2.05, 4.69) is 67.6 Å². The fourth-order valence-corrected chi connectivity index (χ4v) is 2.65. The Kier molecular flexibility index (Phi) is 6.82. The largest absolute Gasteiger partial charge is 0.295 e. The van der Waals surface area contributed by atoms with E-state index in [0.29, 0.717) is 6.04 Å². The van der Waals surface area contributed by atoms with E-state index in [1.54, 1.807) is 0 Å². The first-order chi connectivity index (χ1) is 9.16. The normalized spacial score (nSPS) is 11.9. The van der Waals surface area contributed by atoms with Crippen LogP contribution in [0.5, 0.6) is 0 Å². The van der Waals surface area contributed by atoms with Crippen molar-refractivity contribution in [2.45, 2.75) is 40.3 Å². The van der Waals surface area contributed by atoms with Crippen LogP contribution in [0.1, 0.15) is 42.8 Å². The summed E-state index contributed by atoms with van der Waals surface area (Å²) in [6.07, 6.45) is 0. The van der Waals surface area contributed by atoms with Crippen molar-refractivity contribution in [1.82, 2.24) is 4.90 Å². The highest BCUT2D eigenvalue weighted by molar-refractivity contribution is 7.09. The zero-order chi connectivity index (χ0) is 14.3. The maximum absolute atomic E-state index is 2.39. The third-order valence-corrected chi connectivity index (χ3v) is 4.07. The number of thiophene rings is 1. The zero-order valence-electron chi connectivity index (χ0n) is 12.7. The third-order valence-electron chi connectivity index (χ3n) is 3.21. The van der Waals surface area contributed by atoms with Crippen LogP contribution in [-0.2, 0) is 6.54 Å². The SMILES string of the molecule is CC.Cc1ccc(C(C)N(C)Cc2cccs2)cc1. The highest BCUT2D eigenvalue weighted by Crippen LogP contribution is 2.22. The highest BCUT2D eigenvalue weighted by atomic mass is 32.1. The molecule has 1 unspecified atom stereocenters. The summed E-state index contributed by atoms with van der Waals surface area (Å²) in [7, 11) is 2.18. The Bertz CT molecular complexity index is 445. The van der Waals surface area contributed by atoms with Gasteiger partial charge in [0.05, 0.1) is 0 Å². The molecule has 0 aliphatic rings. The van der Waals surface area contributed by atoms with Crippen molar-refractivity contribution >= 4 is 11.3 Å². The smallest absolute Gasteiger partial charge is 0.0330 e. The van der Waals surface area contributed by atoms with E-state index in [9.17, 15) is 0 Å². The summed E-state index contributed by atoms with van der Waals surface area (Å²) in [5, 5.41) is 2.14. The molecule has 0 aliphatic heterocycles. The minimum atomic E-state index is 0.456. The first-order valence-electron chi connectivity index (χ1n) is 6.96. The van der Waals surface area contributed by atoms with Gasteiger partial charge in [-0.25, -0.2) is 0 Å². The van der Waals surface area contributed by atoms with Gasteiger partial charge in [-0.1, -0.05) is 49.7 Å². The van der Waals surface area contributed by atoms with Crippen molar-refractivity contribution in [3.8, 4) is 0 Å². The van der Waals surface area contributed by atoms with Gasteiger partial charge < -0.3 is 0 Å². The van der Waals surface area contributed by atoms with Crippen LogP contribution in [-0.4, -0.2) is 11.9 Å². The van der Waals surface area contributed by atoms with Crippen molar-refractivity contribution < 1.29 is 0 Å². The zero-order valence-corrected chi connectivity index (χ0v) is 13.5. The van der Waals surface area contributed by atoms with E-state index in [1.807, 2.05) is 25.2 Å². The molecule has 1 atom stereocenters. The van der Waals surface area contributed by atoms with Gasteiger partial charge in [0.15, 0.2) is 0 Å². The van der Waals surface area contributed by atoms with Gasteiger partial charge in [0.1, 0.15) is 0 Å². The molecule has 1 aromatic carbocycles. The van der Waals surface area contributed by atoms with Crippen molar-refractivity contribution in [3.05, 3.63) is 57.8 Å². The van der Waals surface area contributed by atoms with Crippen molar-refractivity contribution in [2.24, 2.45) is 0 Å². The van der Waals surface area contributed by atoms with Gasteiger partial charge in [0.2, 0.25) is 0 Å². The molecule has 0 spiro atoms. The van der Waals surface area contributed by atoms with Crippen LogP contribution in [0.3, 0.4) is 0 Å². The molecule has 0 bridgehead atoms. The van der Waals surface area contributed by atoms with Gasteiger partial charge in [0, 0.05) is 17.5 Å². The molecule has 0 radical (unpaired) electrons. The predicted octanol–water partition coefficient (Wildman–Crippen LogP) is 5.28. The molecular weight excluding hydrogens is 250 g/mol. The molecule has 104 valence electrons. The molecule has 0 fully saturated rings. The number of aryl methyl sites for hydroxylation is 1. The molecule has 0 N–H and O–H groups in total. The first kappa shape index (κ1) is 15.9. The molecule has 19 heavy (non-hydrogen) atoms. The lowest BCUT2D eigenvalue weighted by Crippen LogP contribution is -2.21. The highest BCUT2D eigenvalue weighted by Gasteiger charge is 2.11. The first-order valence-corrected chi connectivity index (χ1v) is 7.84. The number of nitrogens with zero attached hydrogens (tertiary/aromatic N) is 1.